The molecule has 0 aromatic rings. The van der Waals surface area contributed by atoms with Crippen molar-refractivity contribution >= 4 is 5.91 Å². The summed E-state index contributed by atoms with van der Waals surface area (Å²) in [6.07, 6.45) is 9.11. The van der Waals surface area contributed by atoms with Crippen molar-refractivity contribution in [2.45, 2.75) is 197 Å². The number of hydrogen-bond donors (Lipinski definition) is 9. The van der Waals surface area contributed by atoms with Gasteiger partial charge in [0.25, 0.3) is 0 Å². The van der Waals surface area contributed by atoms with Crippen LogP contribution in [0.3, 0.4) is 0 Å². The van der Waals surface area contributed by atoms with Gasteiger partial charge < -0.3 is 65.1 Å². The molecule has 0 spiro atoms. The molecule has 9 N–H and O–H groups in total. The highest BCUT2D eigenvalue weighted by molar-refractivity contribution is 5.76. The molecule has 0 aromatic heterocycles. The fourth-order valence-corrected chi connectivity index (χ4v) is 6.48. The summed E-state index contributed by atoms with van der Waals surface area (Å²) in [6.45, 7) is 2.53. The third-order valence-electron chi connectivity index (χ3n) is 9.89. The van der Waals surface area contributed by atoms with Crippen molar-refractivity contribution in [1.29, 1.82) is 0 Å². The molecule has 0 aliphatic carbocycles. The lowest BCUT2D eigenvalue weighted by atomic mass is 9.97. The van der Waals surface area contributed by atoms with Crippen molar-refractivity contribution in [3.8, 4) is 0 Å². The number of aliphatic hydroxyl groups is 8. The van der Waals surface area contributed by atoms with Crippen LogP contribution in [-0.2, 0) is 23.7 Å². The van der Waals surface area contributed by atoms with Crippen LogP contribution in [0.25, 0.3) is 0 Å². The van der Waals surface area contributed by atoms with Crippen molar-refractivity contribution in [3.63, 3.8) is 0 Å². The van der Waals surface area contributed by atoms with Gasteiger partial charge in [0, 0.05) is 6.42 Å². The van der Waals surface area contributed by atoms with Crippen LogP contribution in [-0.4, -0.2) is 140 Å². The number of aliphatic hydroxyl groups excluding tert-OH is 8. The molecule has 2 aliphatic rings. The van der Waals surface area contributed by atoms with Gasteiger partial charge in [0.2, 0.25) is 5.91 Å². The minimum Gasteiger partial charge on any atom is -0.394 e. The first-order valence-electron chi connectivity index (χ1n) is 20.1. The van der Waals surface area contributed by atoms with E-state index in [1.54, 1.807) is 6.08 Å². The van der Waals surface area contributed by atoms with Crippen LogP contribution < -0.4 is 5.32 Å². The first kappa shape index (κ1) is 47.6. The summed E-state index contributed by atoms with van der Waals surface area (Å²) in [4.78, 5) is 12.7. The monoisotopic (exact) mass is 761 g/mol. The molecule has 2 fully saturated rings. The van der Waals surface area contributed by atoms with Gasteiger partial charge in [-0.1, -0.05) is 109 Å². The van der Waals surface area contributed by atoms with Crippen LogP contribution in [0.1, 0.15) is 123 Å². The zero-order valence-corrected chi connectivity index (χ0v) is 32.0. The zero-order chi connectivity index (χ0) is 39.0. The molecule has 14 nitrogen and oxygen atoms in total. The molecule has 310 valence electrons. The number of allylic oxidation sites excluding steroid dienone is 3. The first-order chi connectivity index (χ1) is 25.6. The van der Waals surface area contributed by atoms with Gasteiger partial charge in [-0.2, -0.15) is 0 Å². The molecule has 0 saturated carbocycles. The molecule has 14 heteroatoms. The fourth-order valence-electron chi connectivity index (χ4n) is 6.48. The standard InChI is InChI=1S/C39H71NO13/c1-3-5-7-8-9-10-11-12-13-14-15-16-17-18-19-21-22-28(43)27(40-31(44)23-20-6-4-2)26-50-38-36(49)34(47)37(30(25-42)52-38)53-39-35(48)33(46)32(45)29(24-41)51-39/h16-17,21-22,27-30,32-39,41-43,45-49H,3-15,18-20,23-26H2,1-2H3,(H,40,44)/b17-16+,22-21+. The SMILES string of the molecule is CCCCCCCCCCCC/C=C/CC/C=C/C(O)C(COC1OC(CO)C(OC2OC(CO)C(O)C(O)C2O)C(O)C1O)NC(=O)CCCCC. The van der Waals surface area contributed by atoms with Crippen LogP contribution in [0.2, 0.25) is 0 Å². The van der Waals surface area contributed by atoms with Crippen LogP contribution in [0.4, 0.5) is 0 Å². The Morgan fingerprint density at radius 2 is 1.21 bits per heavy atom. The molecule has 53 heavy (non-hydrogen) atoms. The van der Waals surface area contributed by atoms with Gasteiger partial charge in [0.05, 0.1) is 32.0 Å². The van der Waals surface area contributed by atoms with Gasteiger partial charge in [0.1, 0.15) is 48.8 Å². The van der Waals surface area contributed by atoms with Crippen molar-refractivity contribution < 1.29 is 64.6 Å². The number of unbranched alkanes of at least 4 members (excludes halogenated alkanes) is 13. The number of amides is 1. The van der Waals surface area contributed by atoms with Gasteiger partial charge in [-0.25, -0.2) is 0 Å². The zero-order valence-electron chi connectivity index (χ0n) is 32.0. The average molecular weight is 762 g/mol. The normalized spacial score (nSPS) is 30.6. The number of carbonyl (C=O) groups is 1. The molecule has 12 unspecified atom stereocenters. The lowest BCUT2D eigenvalue weighted by Crippen LogP contribution is -2.65. The third kappa shape index (κ3) is 17.4. The van der Waals surface area contributed by atoms with Crippen molar-refractivity contribution in [2.24, 2.45) is 0 Å². The van der Waals surface area contributed by atoms with E-state index in [0.717, 1.165) is 25.7 Å². The summed E-state index contributed by atoms with van der Waals surface area (Å²) < 4.78 is 22.4. The fraction of sp³-hybridized carbons (Fsp3) is 0.872. The molecule has 1 amide bonds. The summed E-state index contributed by atoms with van der Waals surface area (Å²) in [6, 6.07) is -0.920. The number of nitrogens with one attached hydrogen (secondary N) is 1. The smallest absolute Gasteiger partial charge is 0.220 e. The van der Waals surface area contributed by atoms with Crippen molar-refractivity contribution in [3.05, 3.63) is 24.3 Å². The molecule has 2 saturated heterocycles. The number of hydrogen-bond acceptors (Lipinski definition) is 13. The second-order valence-corrected chi connectivity index (χ2v) is 14.4. The van der Waals surface area contributed by atoms with E-state index in [4.69, 9.17) is 18.9 Å². The Bertz CT molecular complexity index is 998. The third-order valence-corrected chi connectivity index (χ3v) is 9.89. The van der Waals surface area contributed by atoms with Gasteiger partial charge in [-0.3, -0.25) is 4.79 Å². The van der Waals surface area contributed by atoms with Crippen LogP contribution in [0.5, 0.6) is 0 Å². The first-order valence-corrected chi connectivity index (χ1v) is 20.1. The van der Waals surface area contributed by atoms with E-state index in [0.29, 0.717) is 12.8 Å². The number of carbonyl (C=O) groups excluding carboxylic acids is 1. The lowest BCUT2D eigenvalue weighted by molar-refractivity contribution is -0.359. The molecule has 2 aliphatic heterocycles. The Morgan fingerprint density at radius 1 is 0.660 bits per heavy atom. The molecular weight excluding hydrogens is 690 g/mol. The van der Waals surface area contributed by atoms with Gasteiger partial charge in [0.15, 0.2) is 12.6 Å². The van der Waals surface area contributed by atoms with E-state index in [1.807, 2.05) is 13.0 Å². The molecular formula is C39H71NO13. The van der Waals surface area contributed by atoms with Crippen LogP contribution in [0.15, 0.2) is 24.3 Å². The van der Waals surface area contributed by atoms with Crippen molar-refractivity contribution in [2.75, 3.05) is 19.8 Å². The topological polar surface area (TPSA) is 228 Å². The van der Waals surface area contributed by atoms with Crippen molar-refractivity contribution in [1.82, 2.24) is 5.32 Å². The molecule has 2 heterocycles. The molecule has 0 radical (unpaired) electrons. The summed E-state index contributed by atoms with van der Waals surface area (Å²) >= 11 is 0. The predicted molar refractivity (Wildman–Crippen MR) is 198 cm³/mol. The van der Waals surface area contributed by atoms with E-state index < -0.39 is 86.8 Å². The summed E-state index contributed by atoms with van der Waals surface area (Å²) in [5.74, 6) is -0.277. The lowest BCUT2D eigenvalue weighted by Gasteiger charge is -2.46. The van der Waals surface area contributed by atoms with E-state index in [1.165, 1.54) is 64.2 Å². The Hall–Kier alpha value is -1.53. The minimum absolute atomic E-state index is 0.259. The molecule has 0 bridgehead atoms. The van der Waals surface area contributed by atoms with Crippen LogP contribution in [0, 0.1) is 0 Å². The minimum atomic E-state index is -1.79. The predicted octanol–water partition coefficient (Wildman–Crippen LogP) is 2.26. The Balaban J connectivity index is 1.88. The summed E-state index contributed by atoms with van der Waals surface area (Å²) in [5.41, 5.74) is 0. The van der Waals surface area contributed by atoms with E-state index in [2.05, 4.69) is 24.4 Å². The molecule has 0 aromatic carbocycles. The number of ether oxygens (including phenoxy) is 4. The number of rotatable bonds is 28. The average Bonchev–Trinajstić information content (AvgIpc) is 3.15. The van der Waals surface area contributed by atoms with Gasteiger partial charge >= 0.3 is 0 Å². The largest absolute Gasteiger partial charge is 0.394 e. The maximum absolute atomic E-state index is 12.7. The molecule has 2 rings (SSSR count). The Kier molecular flexibility index (Phi) is 25.1. The summed E-state index contributed by atoms with van der Waals surface area (Å²) in [5, 5.41) is 85.6. The van der Waals surface area contributed by atoms with E-state index in [9.17, 15) is 45.6 Å². The molecule has 12 atom stereocenters. The van der Waals surface area contributed by atoms with E-state index >= 15 is 0 Å². The maximum atomic E-state index is 12.7. The van der Waals surface area contributed by atoms with Gasteiger partial charge in [-0.05, 0) is 32.1 Å². The van der Waals surface area contributed by atoms with Crippen LogP contribution >= 0.6 is 0 Å². The maximum Gasteiger partial charge on any atom is 0.220 e. The second-order valence-electron chi connectivity index (χ2n) is 14.4. The second kappa shape index (κ2) is 28.0. The quantitative estimate of drug-likeness (QED) is 0.0413. The highest BCUT2D eigenvalue weighted by Gasteiger charge is 2.50. The highest BCUT2D eigenvalue weighted by Crippen LogP contribution is 2.29. The summed E-state index contributed by atoms with van der Waals surface area (Å²) in [7, 11) is 0. The Morgan fingerprint density at radius 3 is 1.85 bits per heavy atom. The highest BCUT2D eigenvalue weighted by atomic mass is 16.7. The van der Waals surface area contributed by atoms with Gasteiger partial charge in [-0.15, -0.1) is 0 Å². The van der Waals surface area contributed by atoms with E-state index in [-0.39, 0.29) is 18.9 Å². The Labute approximate surface area is 316 Å².